The highest BCUT2D eigenvalue weighted by molar-refractivity contribution is 9.10. The number of nitrogens with one attached hydrogen (secondary N) is 1. The van der Waals surface area contributed by atoms with E-state index in [2.05, 4.69) is 47.2 Å². The summed E-state index contributed by atoms with van der Waals surface area (Å²) in [5.74, 6) is 0. The topological polar surface area (TPSA) is 12.0 Å². The zero-order chi connectivity index (χ0) is 14.7. The number of hydrogen-bond acceptors (Lipinski definition) is 1. The van der Waals surface area contributed by atoms with E-state index in [-0.39, 0.29) is 6.04 Å². The van der Waals surface area contributed by atoms with E-state index in [9.17, 15) is 0 Å². The lowest BCUT2D eigenvalue weighted by Crippen LogP contribution is -2.09. The Morgan fingerprint density at radius 2 is 1.90 bits per heavy atom. The van der Waals surface area contributed by atoms with Crippen molar-refractivity contribution in [3.05, 3.63) is 62.0 Å². The van der Waals surface area contributed by atoms with Gasteiger partial charge in [-0.05, 0) is 60.9 Å². The van der Waals surface area contributed by atoms with E-state index in [0.29, 0.717) is 5.02 Å². The number of halogens is 3. The van der Waals surface area contributed by atoms with Crippen LogP contribution in [0, 0.1) is 0 Å². The van der Waals surface area contributed by atoms with E-state index < -0.39 is 0 Å². The summed E-state index contributed by atoms with van der Waals surface area (Å²) in [6.45, 7) is 4.23. The van der Waals surface area contributed by atoms with Crippen LogP contribution in [-0.4, -0.2) is 0 Å². The Balaban J connectivity index is 2.27. The van der Waals surface area contributed by atoms with Crippen LogP contribution < -0.4 is 5.32 Å². The molecule has 2 aromatic rings. The average Bonchev–Trinajstić information content (AvgIpc) is 2.43. The van der Waals surface area contributed by atoms with Crippen molar-refractivity contribution < 1.29 is 0 Å². The zero-order valence-corrected chi connectivity index (χ0v) is 14.5. The molecule has 0 radical (unpaired) electrons. The molecule has 0 amide bonds. The summed E-state index contributed by atoms with van der Waals surface area (Å²) in [5.41, 5.74) is 3.40. The normalized spacial score (nSPS) is 12.2. The van der Waals surface area contributed by atoms with Crippen molar-refractivity contribution >= 4 is 44.8 Å². The molecule has 0 aliphatic heterocycles. The maximum atomic E-state index is 6.25. The van der Waals surface area contributed by atoms with Crippen LogP contribution in [0.2, 0.25) is 10.0 Å². The van der Waals surface area contributed by atoms with Crippen LogP contribution in [0.15, 0.2) is 40.9 Å². The minimum atomic E-state index is 0.0904. The largest absolute Gasteiger partial charge is 0.378 e. The summed E-state index contributed by atoms with van der Waals surface area (Å²) in [6, 6.07) is 11.9. The first-order valence-corrected chi connectivity index (χ1v) is 8.06. The molecule has 0 bridgehead atoms. The monoisotopic (exact) mass is 371 g/mol. The summed E-state index contributed by atoms with van der Waals surface area (Å²) < 4.78 is 1.09. The van der Waals surface area contributed by atoms with Gasteiger partial charge in [0.2, 0.25) is 0 Å². The predicted molar refractivity (Wildman–Crippen MR) is 92.0 cm³/mol. The predicted octanol–water partition coefficient (Wildman–Crippen LogP) is 6.49. The number of hydrogen-bond donors (Lipinski definition) is 1. The summed E-state index contributed by atoms with van der Waals surface area (Å²) in [4.78, 5) is 0. The minimum Gasteiger partial charge on any atom is -0.378 e. The molecular weight excluding hydrogens is 357 g/mol. The fourth-order valence-corrected chi connectivity index (χ4v) is 3.02. The molecule has 0 saturated carbocycles. The summed E-state index contributed by atoms with van der Waals surface area (Å²) in [7, 11) is 0. The van der Waals surface area contributed by atoms with Gasteiger partial charge in [-0.1, -0.05) is 46.1 Å². The van der Waals surface area contributed by atoms with Gasteiger partial charge in [-0.3, -0.25) is 0 Å². The molecule has 2 aromatic carbocycles. The van der Waals surface area contributed by atoms with Crippen molar-refractivity contribution in [3.63, 3.8) is 0 Å². The first-order chi connectivity index (χ1) is 9.51. The van der Waals surface area contributed by atoms with Crippen molar-refractivity contribution in [2.75, 3.05) is 5.32 Å². The standard InChI is InChI=1S/C16H16BrCl2N/c1-3-11-8-12(17)4-7-16(11)20-10(2)14-9-13(18)5-6-15(14)19/h4-10,20H,3H2,1-2H3. The third kappa shape index (κ3) is 3.69. The van der Waals surface area contributed by atoms with E-state index in [1.165, 1.54) is 5.56 Å². The van der Waals surface area contributed by atoms with Gasteiger partial charge in [-0.25, -0.2) is 0 Å². The highest BCUT2D eigenvalue weighted by Gasteiger charge is 2.12. The van der Waals surface area contributed by atoms with Crippen LogP contribution in [0.25, 0.3) is 0 Å². The van der Waals surface area contributed by atoms with E-state index in [1.807, 2.05) is 18.2 Å². The lowest BCUT2D eigenvalue weighted by molar-refractivity contribution is 0.879. The van der Waals surface area contributed by atoms with Gasteiger partial charge in [-0.15, -0.1) is 0 Å². The number of benzene rings is 2. The number of aryl methyl sites for hydroxylation is 1. The Hall–Kier alpha value is -0.700. The van der Waals surface area contributed by atoms with Gasteiger partial charge in [0, 0.05) is 20.2 Å². The SMILES string of the molecule is CCc1cc(Br)ccc1NC(C)c1cc(Cl)ccc1Cl. The Labute approximate surface area is 138 Å². The third-order valence-corrected chi connectivity index (χ3v) is 4.32. The zero-order valence-electron chi connectivity index (χ0n) is 11.4. The molecule has 0 fully saturated rings. The van der Waals surface area contributed by atoms with Crippen LogP contribution in [0.4, 0.5) is 5.69 Å². The van der Waals surface area contributed by atoms with Crippen molar-refractivity contribution in [1.82, 2.24) is 0 Å². The van der Waals surface area contributed by atoms with Crippen LogP contribution in [0.5, 0.6) is 0 Å². The molecule has 1 N–H and O–H groups in total. The van der Waals surface area contributed by atoms with Crippen molar-refractivity contribution in [2.45, 2.75) is 26.3 Å². The lowest BCUT2D eigenvalue weighted by Gasteiger charge is -2.19. The summed E-state index contributed by atoms with van der Waals surface area (Å²) >= 11 is 15.8. The van der Waals surface area contributed by atoms with E-state index in [1.54, 1.807) is 6.07 Å². The van der Waals surface area contributed by atoms with Crippen molar-refractivity contribution in [2.24, 2.45) is 0 Å². The smallest absolute Gasteiger partial charge is 0.0501 e. The molecule has 106 valence electrons. The second kappa shape index (κ2) is 6.84. The minimum absolute atomic E-state index is 0.0904. The highest BCUT2D eigenvalue weighted by atomic mass is 79.9. The fraction of sp³-hybridized carbons (Fsp3) is 0.250. The highest BCUT2D eigenvalue weighted by Crippen LogP contribution is 2.30. The summed E-state index contributed by atoms with van der Waals surface area (Å²) in [5, 5.41) is 4.93. The van der Waals surface area contributed by atoms with E-state index >= 15 is 0 Å². The van der Waals surface area contributed by atoms with Gasteiger partial charge in [0.05, 0.1) is 6.04 Å². The maximum absolute atomic E-state index is 6.25. The third-order valence-electron chi connectivity index (χ3n) is 3.24. The maximum Gasteiger partial charge on any atom is 0.0501 e. The average molecular weight is 373 g/mol. The molecule has 0 aliphatic rings. The Kier molecular flexibility index (Phi) is 5.36. The second-order valence-electron chi connectivity index (χ2n) is 4.69. The van der Waals surface area contributed by atoms with Crippen LogP contribution in [0.3, 0.4) is 0 Å². The van der Waals surface area contributed by atoms with Gasteiger partial charge in [0.25, 0.3) is 0 Å². The van der Waals surface area contributed by atoms with Gasteiger partial charge in [0.15, 0.2) is 0 Å². The lowest BCUT2D eigenvalue weighted by atomic mass is 10.1. The van der Waals surface area contributed by atoms with Gasteiger partial charge in [-0.2, -0.15) is 0 Å². The fourth-order valence-electron chi connectivity index (χ4n) is 2.15. The van der Waals surface area contributed by atoms with Crippen LogP contribution in [0.1, 0.15) is 31.0 Å². The molecule has 1 nitrogen and oxygen atoms in total. The van der Waals surface area contributed by atoms with Gasteiger partial charge < -0.3 is 5.32 Å². The first kappa shape index (κ1) is 15.7. The molecule has 4 heteroatoms. The molecule has 1 atom stereocenters. The second-order valence-corrected chi connectivity index (χ2v) is 6.45. The van der Waals surface area contributed by atoms with Crippen LogP contribution in [-0.2, 0) is 6.42 Å². The number of rotatable bonds is 4. The van der Waals surface area contributed by atoms with Gasteiger partial charge >= 0.3 is 0 Å². The molecule has 0 spiro atoms. The molecule has 20 heavy (non-hydrogen) atoms. The Morgan fingerprint density at radius 1 is 1.15 bits per heavy atom. The van der Waals surface area contributed by atoms with E-state index in [4.69, 9.17) is 23.2 Å². The molecule has 0 aromatic heterocycles. The number of anilines is 1. The quantitative estimate of drug-likeness (QED) is 0.646. The van der Waals surface area contributed by atoms with Crippen LogP contribution >= 0.6 is 39.1 Å². The first-order valence-electron chi connectivity index (χ1n) is 6.51. The molecule has 2 rings (SSSR count). The van der Waals surface area contributed by atoms with Crippen molar-refractivity contribution in [1.29, 1.82) is 0 Å². The Bertz CT molecular complexity index is 613. The molecule has 0 saturated heterocycles. The van der Waals surface area contributed by atoms with Gasteiger partial charge in [0.1, 0.15) is 0 Å². The molecule has 0 heterocycles. The summed E-state index contributed by atoms with van der Waals surface area (Å²) in [6.07, 6.45) is 0.970. The Morgan fingerprint density at radius 3 is 2.60 bits per heavy atom. The molecule has 1 unspecified atom stereocenters. The molecule has 0 aliphatic carbocycles. The molecular formula is C16H16BrCl2N. The van der Waals surface area contributed by atoms with E-state index in [0.717, 1.165) is 27.2 Å². The van der Waals surface area contributed by atoms with Crippen molar-refractivity contribution in [3.8, 4) is 0 Å².